The van der Waals surface area contributed by atoms with Gasteiger partial charge in [0.2, 0.25) is 6.33 Å². The Balaban J connectivity index is 1.95. The predicted molar refractivity (Wildman–Crippen MR) is 96.0 cm³/mol. The molecule has 1 aromatic heterocycles. The lowest BCUT2D eigenvalue weighted by molar-refractivity contribution is -0.696. The van der Waals surface area contributed by atoms with Gasteiger partial charge in [0.15, 0.2) is 0 Å². The highest BCUT2D eigenvalue weighted by atomic mass is 15.1. The largest absolute Gasteiger partial charge is 0.243 e. The van der Waals surface area contributed by atoms with E-state index < -0.39 is 0 Å². The molecular weight excluding hydrogens is 268 g/mol. The van der Waals surface area contributed by atoms with Gasteiger partial charge in [-0.05, 0) is 25.7 Å². The molecule has 0 bridgehead atoms. The number of aryl methyl sites for hydroxylation is 2. The minimum absolute atomic E-state index is 1.19. The van der Waals surface area contributed by atoms with Gasteiger partial charge >= 0.3 is 0 Å². The van der Waals surface area contributed by atoms with Crippen LogP contribution in [-0.2, 0) is 13.1 Å². The lowest BCUT2D eigenvalue weighted by atomic mass is 10.1. The number of imidazole rings is 1. The van der Waals surface area contributed by atoms with Gasteiger partial charge < -0.3 is 0 Å². The highest BCUT2D eigenvalue weighted by Gasteiger charge is 2.03. The van der Waals surface area contributed by atoms with Gasteiger partial charge in [0.05, 0.1) is 13.1 Å². The summed E-state index contributed by atoms with van der Waals surface area (Å²) in [7, 11) is 0. The molecule has 128 valence electrons. The molecule has 0 fully saturated rings. The zero-order valence-corrected chi connectivity index (χ0v) is 15.2. The maximum absolute atomic E-state index is 2.36. The fourth-order valence-corrected chi connectivity index (χ4v) is 3.03. The average Bonchev–Trinajstić information content (AvgIpc) is 2.98. The molecule has 1 aromatic rings. The van der Waals surface area contributed by atoms with Gasteiger partial charge in [-0.1, -0.05) is 71.6 Å². The summed E-state index contributed by atoms with van der Waals surface area (Å²) in [4.78, 5) is 0. The van der Waals surface area contributed by atoms with Crippen molar-refractivity contribution in [2.75, 3.05) is 0 Å². The normalized spacial score (nSPS) is 11.2. The maximum Gasteiger partial charge on any atom is 0.243 e. The standard InChI is InChI=1S/C20H39N2/c1-3-5-7-9-10-11-12-13-15-17-22-19-18-21(20-22)16-14-8-6-4-2/h18-20H,3-17H2,1-2H3/q+1. The molecule has 0 radical (unpaired) electrons. The van der Waals surface area contributed by atoms with E-state index >= 15 is 0 Å². The second-order valence-electron chi connectivity index (χ2n) is 6.78. The first-order valence-corrected chi connectivity index (χ1v) is 9.91. The Morgan fingerprint density at radius 1 is 0.682 bits per heavy atom. The number of hydrogen-bond acceptors (Lipinski definition) is 0. The van der Waals surface area contributed by atoms with Gasteiger partial charge in [-0.3, -0.25) is 0 Å². The molecule has 0 aromatic carbocycles. The van der Waals surface area contributed by atoms with E-state index in [2.05, 4.69) is 41.7 Å². The Hall–Kier alpha value is -0.790. The topological polar surface area (TPSA) is 8.81 Å². The minimum atomic E-state index is 1.19. The number of hydrogen-bond donors (Lipinski definition) is 0. The van der Waals surface area contributed by atoms with Crippen LogP contribution in [0.5, 0.6) is 0 Å². The quantitative estimate of drug-likeness (QED) is 0.282. The Morgan fingerprint density at radius 2 is 1.23 bits per heavy atom. The van der Waals surface area contributed by atoms with Gasteiger partial charge in [0.25, 0.3) is 0 Å². The van der Waals surface area contributed by atoms with Crippen molar-refractivity contribution in [2.45, 2.75) is 110 Å². The van der Waals surface area contributed by atoms with E-state index in [1.807, 2.05) is 0 Å². The van der Waals surface area contributed by atoms with E-state index in [0.29, 0.717) is 0 Å². The maximum atomic E-state index is 2.36. The first-order chi connectivity index (χ1) is 10.9. The minimum Gasteiger partial charge on any atom is -0.237 e. The third-order valence-corrected chi connectivity index (χ3v) is 4.54. The van der Waals surface area contributed by atoms with Crippen LogP contribution in [-0.4, -0.2) is 4.57 Å². The van der Waals surface area contributed by atoms with Gasteiger partial charge in [-0.15, -0.1) is 0 Å². The summed E-state index contributed by atoms with van der Waals surface area (Å²) in [5.41, 5.74) is 0. The number of aromatic nitrogens is 2. The summed E-state index contributed by atoms with van der Waals surface area (Å²) in [6, 6.07) is 0. The molecule has 2 heteroatoms. The Bertz CT molecular complexity index is 343. The van der Waals surface area contributed by atoms with E-state index in [1.165, 1.54) is 96.6 Å². The molecule has 1 heterocycles. The van der Waals surface area contributed by atoms with Gasteiger partial charge in [-0.25, -0.2) is 9.13 Å². The van der Waals surface area contributed by atoms with Crippen LogP contribution in [0.2, 0.25) is 0 Å². The number of unbranched alkanes of at least 4 members (excludes halogenated alkanes) is 11. The van der Waals surface area contributed by atoms with E-state index in [4.69, 9.17) is 0 Å². The average molecular weight is 308 g/mol. The summed E-state index contributed by atoms with van der Waals surface area (Å²) in [5, 5.41) is 0. The first-order valence-electron chi connectivity index (χ1n) is 9.91. The molecule has 22 heavy (non-hydrogen) atoms. The second-order valence-corrected chi connectivity index (χ2v) is 6.78. The third kappa shape index (κ3) is 10.0. The molecule has 2 nitrogen and oxygen atoms in total. The predicted octanol–water partition coefficient (Wildman–Crippen LogP) is 5.89. The van der Waals surface area contributed by atoms with E-state index in [9.17, 15) is 0 Å². The fraction of sp³-hybridized carbons (Fsp3) is 0.850. The van der Waals surface area contributed by atoms with Crippen LogP contribution in [0.1, 0.15) is 97.3 Å². The number of nitrogens with zero attached hydrogens (tertiary/aromatic N) is 2. The lowest BCUT2D eigenvalue weighted by Gasteiger charge is -2.01. The molecule has 0 aliphatic carbocycles. The van der Waals surface area contributed by atoms with Gasteiger partial charge in [0, 0.05) is 0 Å². The Kier molecular flexibility index (Phi) is 12.1. The highest BCUT2D eigenvalue weighted by Crippen LogP contribution is 2.10. The smallest absolute Gasteiger partial charge is 0.237 e. The molecule has 0 aliphatic rings. The van der Waals surface area contributed by atoms with E-state index in [0.717, 1.165) is 0 Å². The van der Waals surface area contributed by atoms with Crippen molar-refractivity contribution in [3.8, 4) is 0 Å². The van der Waals surface area contributed by atoms with Crippen LogP contribution in [0.4, 0.5) is 0 Å². The van der Waals surface area contributed by atoms with Crippen molar-refractivity contribution in [1.29, 1.82) is 0 Å². The first kappa shape index (κ1) is 19.3. The van der Waals surface area contributed by atoms with Crippen molar-refractivity contribution in [3.05, 3.63) is 18.7 Å². The highest BCUT2D eigenvalue weighted by molar-refractivity contribution is 4.66. The molecule has 0 atom stereocenters. The zero-order chi connectivity index (χ0) is 15.9. The molecule has 0 saturated heterocycles. The summed E-state index contributed by atoms with van der Waals surface area (Å²) in [6.07, 6.45) is 24.8. The van der Waals surface area contributed by atoms with Crippen LogP contribution in [0.3, 0.4) is 0 Å². The summed E-state index contributed by atoms with van der Waals surface area (Å²) < 4.78 is 4.71. The summed E-state index contributed by atoms with van der Waals surface area (Å²) >= 11 is 0. The van der Waals surface area contributed by atoms with E-state index in [-0.39, 0.29) is 0 Å². The molecule has 0 aliphatic heterocycles. The summed E-state index contributed by atoms with van der Waals surface area (Å²) in [6.45, 7) is 6.94. The third-order valence-electron chi connectivity index (χ3n) is 4.54. The van der Waals surface area contributed by atoms with Gasteiger partial charge in [-0.2, -0.15) is 0 Å². The summed E-state index contributed by atoms with van der Waals surface area (Å²) in [5.74, 6) is 0. The molecule has 0 spiro atoms. The van der Waals surface area contributed by atoms with Crippen LogP contribution in [0, 0.1) is 0 Å². The number of rotatable bonds is 15. The molecule has 0 N–H and O–H groups in total. The van der Waals surface area contributed by atoms with Crippen LogP contribution in [0.15, 0.2) is 18.7 Å². The second kappa shape index (κ2) is 13.8. The van der Waals surface area contributed by atoms with Crippen molar-refractivity contribution in [3.63, 3.8) is 0 Å². The SMILES string of the molecule is CCCCCCCCCCCn1cc[n+](CCCCCC)c1. The zero-order valence-electron chi connectivity index (χ0n) is 15.2. The van der Waals surface area contributed by atoms with Crippen LogP contribution >= 0.6 is 0 Å². The Morgan fingerprint density at radius 3 is 1.86 bits per heavy atom. The fourth-order valence-electron chi connectivity index (χ4n) is 3.03. The lowest BCUT2D eigenvalue weighted by Crippen LogP contribution is -2.30. The van der Waals surface area contributed by atoms with Crippen LogP contribution in [0.25, 0.3) is 0 Å². The van der Waals surface area contributed by atoms with E-state index in [1.54, 1.807) is 0 Å². The van der Waals surface area contributed by atoms with Crippen molar-refractivity contribution in [2.24, 2.45) is 0 Å². The monoisotopic (exact) mass is 307 g/mol. The molecule has 0 saturated carbocycles. The molecular formula is C20H39N2+. The van der Waals surface area contributed by atoms with Crippen LogP contribution < -0.4 is 4.57 Å². The van der Waals surface area contributed by atoms with Crippen molar-refractivity contribution in [1.82, 2.24) is 4.57 Å². The molecule has 0 unspecified atom stereocenters. The van der Waals surface area contributed by atoms with Gasteiger partial charge in [0.1, 0.15) is 12.4 Å². The van der Waals surface area contributed by atoms with Crippen molar-refractivity contribution >= 4 is 0 Å². The molecule has 0 amide bonds. The van der Waals surface area contributed by atoms with Crippen molar-refractivity contribution < 1.29 is 4.57 Å². The Labute approximate surface area is 138 Å². The molecule has 1 rings (SSSR count).